The van der Waals surface area contributed by atoms with Gasteiger partial charge in [-0.05, 0) is 84.7 Å². The van der Waals surface area contributed by atoms with Crippen molar-refractivity contribution in [2.24, 2.45) is 5.92 Å². The molecular formula is C32H36O5. The van der Waals surface area contributed by atoms with Crippen LogP contribution >= 0.6 is 0 Å². The van der Waals surface area contributed by atoms with Crippen LogP contribution in [-0.2, 0) is 11.4 Å². The normalized spacial score (nSPS) is 17.2. The Hall–Kier alpha value is -3.47. The van der Waals surface area contributed by atoms with E-state index >= 15 is 0 Å². The molecule has 3 aromatic rings. The van der Waals surface area contributed by atoms with Gasteiger partial charge in [0.15, 0.2) is 0 Å². The summed E-state index contributed by atoms with van der Waals surface area (Å²) in [5.41, 5.74) is 6.85. The number of hydrogen-bond acceptors (Lipinski definition) is 4. The van der Waals surface area contributed by atoms with Crippen LogP contribution in [0.3, 0.4) is 0 Å². The quantitative estimate of drug-likeness (QED) is 0.330. The van der Waals surface area contributed by atoms with E-state index in [9.17, 15) is 4.79 Å². The fourth-order valence-electron chi connectivity index (χ4n) is 5.74. The Balaban J connectivity index is 1.24. The van der Waals surface area contributed by atoms with Crippen molar-refractivity contribution in [1.82, 2.24) is 0 Å². The summed E-state index contributed by atoms with van der Waals surface area (Å²) >= 11 is 0. The first-order chi connectivity index (χ1) is 18.0. The molecule has 5 heteroatoms. The van der Waals surface area contributed by atoms with Crippen LogP contribution in [0.1, 0.15) is 66.7 Å². The molecule has 0 saturated heterocycles. The molecule has 3 aromatic carbocycles. The van der Waals surface area contributed by atoms with E-state index in [0.29, 0.717) is 24.9 Å². The number of fused-ring (bicyclic) bond motifs is 1. The molecule has 0 bridgehead atoms. The monoisotopic (exact) mass is 500 g/mol. The van der Waals surface area contributed by atoms with Gasteiger partial charge in [0.1, 0.15) is 23.9 Å². The second-order valence-corrected chi connectivity index (χ2v) is 10.5. The maximum absolute atomic E-state index is 11.1. The van der Waals surface area contributed by atoms with Crippen LogP contribution in [-0.4, -0.2) is 24.3 Å². The highest BCUT2D eigenvalue weighted by molar-refractivity contribution is 5.72. The minimum atomic E-state index is -0.811. The van der Waals surface area contributed by atoms with E-state index in [2.05, 4.69) is 50.2 Å². The van der Waals surface area contributed by atoms with Crippen molar-refractivity contribution in [3.63, 3.8) is 0 Å². The average molecular weight is 501 g/mol. The smallest absolute Gasteiger partial charge is 0.304 e. The van der Waals surface area contributed by atoms with Gasteiger partial charge in [-0.1, -0.05) is 43.5 Å². The van der Waals surface area contributed by atoms with Crippen molar-refractivity contribution in [3.8, 4) is 28.4 Å². The standard InChI is InChI=1S/C32H36O5/c1-21-13-28(36-18-23-7-4-3-5-8-23)14-22(2)32(21)25-10-6-9-24(15-25)19-35-27-11-12-29-26(16-31(33)34)20-37-30(29)17-27/h6,9-15,17,23,26H,3-5,7-8,16,18-20H2,1-2H3,(H,33,34). The van der Waals surface area contributed by atoms with E-state index in [4.69, 9.17) is 19.3 Å². The van der Waals surface area contributed by atoms with Crippen LogP contribution in [0.5, 0.6) is 17.2 Å². The number of benzene rings is 3. The summed E-state index contributed by atoms with van der Waals surface area (Å²) in [6.45, 7) is 5.96. The highest BCUT2D eigenvalue weighted by Crippen LogP contribution is 2.38. The number of hydrogen-bond donors (Lipinski definition) is 1. The molecule has 1 aliphatic carbocycles. The first-order valence-electron chi connectivity index (χ1n) is 13.4. The van der Waals surface area contributed by atoms with E-state index in [1.807, 2.05) is 18.2 Å². The minimum Gasteiger partial charge on any atom is -0.493 e. The number of aryl methyl sites for hydroxylation is 2. The van der Waals surface area contributed by atoms with Crippen molar-refractivity contribution in [1.29, 1.82) is 0 Å². The van der Waals surface area contributed by atoms with Crippen LogP contribution in [0.15, 0.2) is 54.6 Å². The number of aliphatic carboxylic acids is 1. The fourth-order valence-corrected chi connectivity index (χ4v) is 5.74. The third-order valence-electron chi connectivity index (χ3n) is 7.62. The lowest BCUT2D eigenvalue weighted by Gasteiger charge is -2.22. The van der Waals surface area contributed by atoms with E-state index in [-0.39, 0.29) is 12.3 Å². The van der Waals surface area contributed by atoms with Crippen LogP contribution in [0.4, 0.5) is 0 Å². The van der Waals surface area contributed by atoms with Crippen molar-refractivity contribution >= 4 is 5.97 Å². The molecule has 1 N–H and O–H groups in total. The highest BCUT2D eigenvalue weighted by atomic mass is 16.5. The molecule has 0 amide bonds. The predicted molar refractivity (Wildman–Crippen MR) is 145 cm³/mol. The number of rotatable bonds is 9. The molecule has 37 heavy (non-hydrogen) atoms. The van der Waals surface area contributed by atoms with Gasteiger partial charge in [0.2, 0.25) is 0 Å². The van der Waals surface area contributed by atoms with Gasteiger partial charge in [0.05, 0.1) is 19.6 Å². The Labute approximate surface area is 219 Å². The van der Waals surface area contributed by atoms with Gasteiger partial charge in [0, 0.05) is 17.5 Å². The van der Waals surface area contributed by atoms with E-state index < -0.39 is 5.97 Å². The largest absolute Gasteiger partial charge is 0.493 e. The van der Waals surface area contributed by atoms with Gasteiger partial charge in [-0.25, -0.2) is 0 Å². The van der Waals surface area contributed by atoms with Gasteiger partial charge in [-0.2, -0.15) is 0 Å². The lowest BCUT2D eigenvalue weighted by molar-refractivity contribution is -0.137. The van der Waals surface area contributed by atoms with Crippen LogP contribution in [0, 0.1) is 19.8 Å². The third-order valence-corrected chi connectivity index (χ3v) is 7.62. The van der Waals surface area contributed by atoms with Crippen molar-refractivity contribution in [3.05, 3.63) is 76.9 Å². The Kier molecular flexibility index (Phi) is 7.68. The Morgan fingerprint density at radius 2 is 1.73 bits per heavy atom. The lowest BCUT2D eigenvalue weighted by atomic mass is 9.90. The maximum atomic E-state index is 11.1. The molecule has 2 aliphatic rings. The number of carbonyl (C=O) groups is 1. The van der Waals surface area contributed by atoms with Gasteiger partial charge in [-0.15, -0.1) is 0 Å². The van der Waals surface area contributed by atoms with Crippen molar-refractivity contribution < 1.29 is 24.1 Å². The van der Waals surface area contributed by atoms with Gasteiger partial charge in [-0.3, -0.25) is 4.79 Å². The van der Waals surface area contributed by atoms with Crippen molar-refractivity contribution in [2.45, 2.75) is 64.9 Å². The predicted octanol–water partition coefficient (Wildman–Crippen LogP) is 7.46. The zero-order chi connectivity index (χ0) is 25.8. The minimum absolute atomic E-state index is 0.0758. The first-order valence-corrected chi connectivity index (χ1v) is 13.4. The molecule has 0 aromatic heterocycles. The Bertz CT molecular complexity index is 1230. The number of ether oxygens (including phenoxy) is 3. The van der Waals surface area contributed by atoms with E-state index in [1.54, 1.807) is 0 Å². The van der Waals surface area contributed by atoms with Crippen LogP contribution in [0.25, 0.3) is 11.1 Å². The first kappa shape index (κ1) is 25.2. The third kappa shape index (κ3) is 6.10. The van der Waals surface area contributed by atoms with Crippen LogP contribution < -0.4 is 14.2 Å². The molecule has 1 saturated carbocycles. The molecule has 1 aliphatic heterocycles. The summed E-state index contributed by atoms with van der Waals surface area (Å²) in [5.74, 6) is 2.17. The number of carboxylic acid groups (broad SMARTS) is 1. The molecule has 0 spiro atoms. The highest BCUT2D eigenvalue weighted by Gasteiger charge is 2.26. The second kappa shape index (κ2) is 11.3. The molecule has 194 valence electrons. The maximum Gasteiger partial charge on any atom is 0.304 e. The van der Waals surface area contributed by atoms with Crippen LogP contribution in [0.2, 0.25) is 0 Å². The summed E-state index contributed by atoms with van der Waals surface area (Å²) in [6.07, 6.45) is 6.68. The molecular weight excluding hydrogens is 464 g/mol. The zero-order valence-electron chi connectivity index (χ0n) is 21.8. The van der Waals surface area contributed by atoms with Gasteiger partial charge >= 0.3 is 5.97 Å². The summed E-state index contributed by atoms with van der Waals surface area (Å²) in [4.78, 5) is 11.1. The topological polar surface area (TPSA) is 65.0 Å². The molecule has 1 atom stereocenters. The molecule has 0 radical (unpaired) electrons. The van der Waals surface area contributed by atoms with E-state index in [1.165, 1.54) is 54.4 Å². The Morgan fingerprint density at radius 1 is 0.946 bits per heavy atom. The van der Waals surface area contributed by atoms with Gasteiger partial charge in [0.25, 0.3) is 0 Å². The lowest BCUT2D eigenvalue weighted by Crippen LogP contribution is -2.15. The molecule has 1 fully saturated rings. The summed E-state index contributed by atoms with van der Waals surface area (Å²) in [7, 11) is 0. The molecule has 5 rings (SSSR count). The summed E-state index contributed by atoms with van der Waals surface area (Å²) in [5, 5.41) is 9.10. The SMILES string of the molecule is Cc1cc(OCC2CCCCC2)cc(C)c1-c1cccc(COc2ccc3c(c2)OCC3CC(=O)O)c1. The van der Waals surface area contributed by atoms with E-state index in [0.717, 1.165) is 29.2 Å². The molecule has 1 unspecified atom stereocenters. The average Bonchev–Trinajstić information content (AvgIpc) is 3.28. The molecule has 1 heterocycles. The second-order valence-electron chi connectivity index (χ2n) is 10.5. The number of carboxylic acids is 1. The molecule has 5 nitrogen and oxygen atoms in total. The van der Waals surface area contributed by atoms with Crippen molar-refractivity contribution in [2.75, 3.05) is 13.2 Å². The zero-order valence-corrected chi connectivity index (χ0v) is 21.8. The van der Waals surface area contributed by atoms with Gasteiger partial charge < -0.3 is 19.3 Å². The summed E-state index contributed by atoms with van der Waals surface area (Å²) < 4.78 is 18.0. The fraction of sp³-hybridized carbons (Fsp3) is 0.406. The summed E-state index contributed by atoms with van der Waals surface area (Å²) in [6, 6.07) is 18.5. The Morgan fingerprint density at radius 3 is 2.49 bits per heavy atom.